The van der Waals surface area contributed by atoms with Gasteiger partial charge in [-0.3, -0.25) is 4.79 Å². The quantitative estimate of drug-likeness (QED) is 0.799. The van der Waals surface area contributed by atoms with Gasteiger partial charge in [-0.25, -0.2) is 0 Å². The Morgan fingerprint density at radius 3 is 2.81 bits per heavy atom. The van der Waals surface area contributed by atoms with Crippen LogP contribution in [0.3, 0.4) is 0 Å². The number of thiol groups is 1. The van der Waals surface area contributed by atoms with Crippen LogP contribution in [0.5, 0.6) is 0 Å². The molecule has 1 aliphatic carbocycles. The Bertz CT molecular complexity index is 387. The third-order valence-corrected chi connectivity index (χ3v) is 3.47. The molecule has 16 heavy (non-hydrogen) atoms. The Morgan fingerprint density at radius 2 is 2.25 bits per heavy atom. The SMILES string of the molecule is CN(CC1CCC1)C(=O)c1cccc(S)c1. The molecule has 3 heteroatoms. The molecule has 1 saturated carbocycles. The van der Waals surface area contributed by atoms with Gasteiger partial charge in [-0.1, -0.05) is 12.5 Å². The zero-order valence-electron chi connectivity index (χ0n) is 9.52. The molecule has 1 amide bonds. The van der Waals surface area contributed by atoms with E-state index in [1.807, 2.05) is 36.2 Å². The van der Waals surface area contributed by atoms with Crippen molar-refractivity contribution in [1.82, 2.24) is 4.90 Å². The van der Waals surface area contributed by atoms with Gasteiger partial charge in [0.1, 0.15) is 0 Å². The normalized spacial score (nSPS) is 15.6. The van der Waals surface area contributed by atoms with Crippen molar-refractivity contribution in [3.05, 3.63) is 29.8 Å². The van der Waals surface area contributed by atoms with Gasteiger partial charge in [0.05, 0.1) is 0 Å². The Hall–Kier alpha value is -0.960. The zero-order valence-corrected chi connectivity index (χ0v) is 10.4. The molecule has 0 spiro atoms. The van der Waals surface area contributed by atoms with E-state index >= 15 is 0 Å². The van der Waals surface area contributed by atoms with E-state index in [1.165, 1.54) is 19.3 Å². The van der Waals surface area contributed by atoms with E-state index in [2.05, 4.69) is 12.6 Å². The fourth-order valence-corrected chi connectivity index (χ4v) is 2.23. The van der Waals surface area contributed by atoms with Gasteiger partial charge in [-0.05, 0) is 37.0 Å². The molecule has 0 bridgehead atoms. The third kappa shape index (κ3) is 2.59. The first-order valence-electron chi connectivity index (χ1n) is 5.71. The minimum Gasteiger partial charge on any atom is -0.341 e. The summed E-state index contributed by atoms with van der Waals surface area (Å²) in [5, 5.41) is 0. The van der Waals surface area contributed by atoms with Gasteiger partial charge in [0, 0.05) is 24.1 Å². The molecule has 0 aromatic heterocycles. The monoisotopic (exact) mass is 235 g/mol. The first-order valence-corrected chi connectivity index (χ1v) is 6.16. The van der Waals surface area contributed by atoms with Crippen molar-refractivity contribution < 1.29 is 4.79 Å². The summed E-state index contributed by atoms with van der Waals surface area (Å²) in [7, 11) is 1.88. The van der Waals surface area contributed by atoms with Crippen LogP contribution in [0.15, 0.2) is 29.2 Å². The molecule has 2 rings (SSSR count). The molecule has 1 aliphatic rings. The molecule has 0 unspecified atom stereocenters. The van der Waals surface area contributed by atoms with Gasteiger partial charge in [0.15, 0.2) is 0 Å². The van der Waals surface area contributed by atoms with E-state index in [1.54, 1.807) is 0 Å². The fourth-order valence-electron chi connectivity index (χ4n) is 2.00. The molecule has 86 valence electrons. The lowest BCUT2D eigenvalue weighted by Crippen LogP contribution is -2.34. The molecule has 2 nitrogen and oxygen atoms in total. The summed E-state index contributed by atoms with van der Waals surface area (Å²) in [4.78, 5) is 14.7. The molecule has 0 saturated heterocycles. The summed E-state index contributed by atoms with van der Waals surface area (Å²) < 4.78 is 0. The van der Waals surface area contributed by atoms with E-state index in [0.29, 0.717) is 5.92 Å². The second kappa shape index (κ2) is 4.91. The maximum absolute atomic E-state index is 12.1. The van der Waals surface area contributed by atoms with Crippen molar-refractivity contribution in [3.8, 4) is 0 Å². The first-order chi connectivity index (χ1) is 7.66. The highest BCUT2D eigenvalue weighted by Gasteiger charge is 2.21. The molecule has 1 fully saturated rings. The van der Waals surface area contributed by atoms with Crippen LogP contribution in [0, 0.1) is 5.92 Å². The lowest BCUT2D eigenvalue weighted by Gasteiger charge is -2.30. The van der Waals surface area contributed by atoms with Crippen LogP contribution in [-0.4, -0.2) is 24.4 Å². The Labute approximate surface area is 102 Å². The topological polar surface area (TPSA) is 20.3 Å². The lowest BCUT2D eigenvalue weighted by atomic mass is 9.85. The Kier molecular flexibility index (Phi) is 3.54. The molecule has 1 aromatic rings. The number of hydrogen-bond donors (Lipinski definition) is 1. The van der Waals surface area contributed by atoms with Gasteiger partial charge in [0.2, 0.25) is 0 Å². The van der Waals surface area contributed by atoms with Gasteiger partial charge >= 0.3 is 0 Å². The number of carbonyl (C=O) groups is 1. The van der Waals surface area contributed by atoms with Crippen LogP contribution in [-0.2, 0) is 0 Å². The van der Waals surface area contributed by atoms with Crippen LogP contribution in [0.25, 0.3) is 0 Å². The van der Waals surface area contributed by atoms with Crippen molar-refractivity contribution in [3.63, 3.8) is 0 Å². The van der Waals surface area contributed by atoms with Crippen molar-refractivity contribution in [2.45, 2.75) is 24.2 Å². The average Bonchev–Trinajstić information content (AvgIpc) is 2.22. The van der Waals surface area contributed by atoms with E-state index in [0.717, 1.165) is 17.0 Å². The average molecular weight is 235 g/mol. The molecular formula is C13H17NOS. The second-order valence-corrected chi connectivity index (χ2v) is 5.05. The number of rotatable bonds is 3. The van der Waals surface area contributed by atoms with Crippen molar-refractivity contribution in [1.29, 1.82) is 0 Å². The summed E-state index contributed by atoms with van der Waals surface area (Å²) in [6.07, 6.45) is 3.85. The summed E-state index contributed by atoms with van der Waals surface area (Å²) in [5.74, 6) is 0.816. The van der Waals surface area contributed by atoms with Crippen LogP contribution in [0.2, 0.25) is 0 Å². The molecule has 0 aliphatic heterocycles. The molecular weight excluding hydrogens is 218 g/mol. The maximum Gasteiger partial charge on any atom is 0.253 e. The highest BCUT2D eigenvalue weighted by Crippen LogP contribution is 2.27. The van der Waals surface area contributed by atoms with Crippen molar-refractivity contribution in [2.24, 2.45) is 5.92 Å². The van der Waals surface area contributed by atoms with E-state index in [9.17, 15) is 4.79 Å². The third-order valence-electron chi connectivity index (χ3n) is 3.20. The summed E-state index contributed by atoms with van der Waals surface area (Å²) in [6.45, 7) is 0.885. The number of carbonyl (C=O) groups excluding carboxylic acids is 1. The number of amides is 1. The van der Waals surface area contributed by atoms with E-state index in [4.69, 9.17) is 0 Å². The summed E-state index contributed by atoms with van der Waals surface area (Å²) >= 11 is 4.25. The van der Waals surface area contributed by atoms with Crippen LogP contribution >= 0.6 is 12.6 Å². The maximum atomic E-state index is 12.1. The van der Waals surface area contributed by atoms with Crippen LogP contribution in [0.4, 0.5) is 0 Å². The number of benzene rings is 1. The Morgan fingerprint density at radius 1 is 1.50 bits per heavy atom. The minimum atomic E-state index is 0.0998. The number of hydrogen-bond acceptors (Lipinski definition) is 2. The lowest BCUT2D eigenvalue weighted by molar-refractivity contribution is 0.0745. The van der Waals surface area contributed by atoms with Crippen molar-refractivity contribution in [2.75, 3.05) is 13.6 Å². The predicted molar refractivity (Wildman–Crippen MR) is 68.0 cm³/mol. The zero-order chi connectivity index (χ0) is 11.5. The summed E-state index contributed by atoms with van der Waals surface area (Å²) in [6, 6.07) is 7.42. The predicted octanol–water partition coefficient (Wildman–Crippen LogP) is 2.85. The minimum absolute atomic E-state index is 0.0998. The number of nitrogens with zero attached hydrogens (tertiary/aromatic N) is 1. The fraction of sp³-hybridized carbons (Fsp3) is 0.462. The smallest absolute Gasteiger partial charge is 0.253 e. The standard InChI is InChI=1S/C13H17NOS/c1-14(9-10-4-2-5-10)13(15)11-6-3-7-12(16)8-11/h3,6-8,10,16H,2,4-5,9H2,1H3. The largest absolute Gasteiger partial charge is 0.341 e. The van der Waals surface area contributed by atoms with Gasteiger partial charge in [-0.15, -0.1) is 12.6 Å². The Balaban J connectivity index is 2.00. The van der Waals surface area contributed by atoms with Crippen LogP contribution < -0.4 is 0 Å². The molecule has 0 radical (unpaired) electrons. The van der Waals surface area contributed by atoms with Gasteiger partial charge in [-0.2, -0.15) is 0 Å². The van der Waals surface area contributed by atoms with Gasteiger partial charge in [0.25, 0.3) is 5.91 Å². The van der Waals surface area contributed by atoms with Gasteiger partial charge < -0.3 is 4.90 Å². The van der Waals surface area contributed by atoms with E-state index < -0.39 is 0 Å². The second-order valence-electron chi connectivity index (χ2n) is 4.53. The highest BCUT2D eigenvalue weighted by molar-refractivity contribution is 7.80. The first kappa shape index (κ1) is 11.5. The van der Waals surface area contributed by atoms with Crippen LogP contribution in [0.1, 0.15) is 29.6 Å². The molecule has 0 N–H and O–H groups in total. The molecule has 0 heterocycles. The summed E-state index contributed by atoms with van der Waals surface area (Å²) in [5.41, 5.74) is 0.731. The van der Waals surface area contributed by atoms with E-state index in [-0.39, 0.29) is 5.91 Å². The molecule has 0 atom stereocenters. The molecule has 1 aromatic carbocycles. The highest BCUT2D eigenvalue weighted by atomic mass is 32.1. The van der Waals surface area contributed by atoms with Crippen molar-refractivity contribution >= 4 is 18.5 Å².